The Morgan fingerprint density at radius 1 is 1.52 bits per heavy atom. The normalized spacial score (nSPS) is 19.0. The fourth-order valence-electron chi connectivity index (χ4n) is 2.99. The van der Waals surface area contributed by atoms with Crippen molar-refractivity contribution in [1.29, 1.82) is 0 Å². The number of hydrogen-bond acceptors (Lipinski definition) is 3. The molecule has 0 aliphatic carbocycles. The van der Waals surface area contributed by atoms with E-state index in [0.29, 0.717) is 17.7 Å². The van der Waals surface area contributed by atoms with E-state index in [4.69, 9.17) is 0 Å². The lowest BCUT2D eigenvalue weighted by atomic mass is 9.99. The molecule has 2 unspecified atom stereocenters. The van der Waals surface area contributed by atoms with Gasteiger partial charge < -0.3 is 10.6 Å². The molecule has 6 heteroatoms. The minimum atomic E-state index is -0.0440. The molecule has 0 bridgehead atoms. The summed E-state index contributed by atoms with van der Waals surface area (Å²) in [5.74, 6) is 0.533. The molecule has 2 rings (SSSR count). The van der Waals surface area contributed by atoms with Crippen molar-refractivity contribution in [2.45, 2.75) is 58.4 Å². The monoisotopic (exact) mass is 342 g/mol. The van der Waals surface area contributed by atoms with Crippen molar-refractivity contribution >= 4 is 18.3 Å². The predicted octanol–water partition coefficient (Wildman–Crippen LogP) is 3.18. The van der Waals surface area contributed by atoms with Crippen molar-refractivity contribution in [2.75, 3.05) is 19.6 Å². The molecule has 1 aromatic rings. The van der Waals surface area contributed by atoms with E-state index in [-0.39, 0.29) is 18.3 Å². The highest BCUT2D eigenvalue weighted by molar-refractivity contribution is 5.92. The molecule has 1 saturated heterocycles. The summed E-state index contributed by atoms with van der Waals surface area (Å²) in [5, 5.41) is 10.9. The SMILES string of the molecule is CCCCC(CC)CNC(=O)c1ccn(C2CCCNC2)n1.Cl. The Kier molecular flexibility index (Phi) is 9.26. The number of rotatable bonds is 8. The zero-order valence-electron chi connectivity index (χ0n) is 14.4. The molecule has 1 aliphatic rings. The van der Waals surface area contributed by atoms with Crippen LogP contribution in [-0.4, -0.2) is 35.3 Å². The van der Waals surface area contributed by atoms with Gasteiger partial charge in [-0.25, -0.2) is 0 Å². The topological polar surface area (TPSA) is 59.0 Å². The van der Waals surface area contributed by atoms with Crippen LogP contribution in [0.4, 0.5) is 0 Å². The number of amides is 1. The first kappa shape index (κ1) is 20.0. The minimum Gasteiger partial charge on any atom is -0.350 e. The summed E-state index contributed by atoms with van der Waals surface area (Å²) < 4.78 is 1.94. The molecular formula is C17H31ClN4O. The molecular weight excluding hydrogens is 312 g/mol. The van der Waals surface area contributed by atoms with Crippen LogP contribution < -0.4 is 10.6 Å². The standard InChI is InChI=1S/C17H30N4O.ClH/c1-3-5-7-14(4-2)12-19-17(22)16-9-11-21(20-16)15-8-6-10-18-13-15;/h9,11,14-15,18H,3-8,10,12-13H2,1-2H3,(H,19,22);1H. The average molecular weight is 343 g/mol. The van der Waals surface area contributed by atoms with Crippen LogP contribution in [0.15, 0.2) is 12.3 Å². The fraction of sp³-hybridized carbons (Fsp3) is 0.765. The number of carbonyl (C=O) groups excluding carboxylic acids is 1. The lowest BCUT2D eigenvalue weighted by molar-refractivity contribution is 0.0939. The van der Waals surface area contributed by atoms with Gasteiger partial charge in [0.2, 0.25) is 0 Å². The van der Waals surface area contributed by atoms with Crippen LogP contribution in [0.1, 0.15) is 68.9 Å². The number of piperidine rings is 1. The third-order valence-electron chi connectivity index (χ3n) is 4.58. The molecule has 0 saturated carbocycles. The van der Waals surface area contributed by atoms with Gasteiger partial charge in [0.25, 0.3) is 5.91 Å². The van der Waals surface area contributed by atoms with Crippen LogP contribution in [0.5, 0.6) is 0 Å². The predicted molar refractivity (Wildman–Crippen MR) is 96.3 cm³/mol. The number of nitrogens with one attached hydrogen (secondary N) is 2. The van der Waals surface area contributed by atoms with Crippen LogP contribution in [0.2, 0.25) is 0 Å². The molecule has 0 aromatic carbocycles. The Morgan fingerprint density at radius 2 is 2.35 bits per heavy atom. The Labute approximate surface area is 146 Å². The van der Waals surface area contributed by atoms with E-state index < -0.39 is 0 Å². The molecule has 1 amide bonds. The molecule has 1 aromatic heterocycles. The maximum atomic E-state index is 12.2. The first-order valence-electron chi connectivity index (χ1n) is 8.78. The van der Waals surface area contributed by atoms with Gasteiger partial charge in [0, 0.05) is 19.3 Å². The van der Waals surface area contributed by atoms with Crippen molar-refractivity contribution < 1.29 is 4.79 Å². The second-order valence-corrected chi connectivity index (χ2v) is 6.31. The van der Waals surface area contributed by atoms with E-state index in [1.807, 2.05) is 16.9 Å². The highest BCUT2D eigenvalue weighted by Gasteiger charge is 2.18. The van der Waals surface area contributed by atoms with Gasteiger partial charge in [-0.2, -0.15) is 5.10 Å². The van der Waals surface area contributed by atoms with Crippen LogP contribution in [-0.2, 0) is 0 Å². The van der Waals surface area contributed by atoms with Crippen molar-refractivity contribution in [3.63, 3.8) is 0 Å². The summed E-state index contributed by atoms with van der Waals surface area (Å²) in [7, 11) is 0. The van der Waals surface area contributed by atoms with Gasteiger partial charge >= 0.3 is 0 Å². The molecule has 1 aliphatic heterocycles. The Balaban J connectivity index is 0.00000264. The molecule has 2 atom stereocenters. The third kappa shape index (κ3) is 6.15. The molecule has 23 heavy (non-hydrogen) atoms. The first-order chi connectivity index (χ1) is 10.7. The van der Waals surface area contributed by atoms with Crippen molar-refractivity contribution in [3.8, 4) is 0 Å². The Bertz CT molecular complexity index is 457. The number of nitrogens with zero attached hydrogens (tertiary/aromatic N) is 2. The number of carbonyl (C=O) groups is 1. The maximum absolute atomic E-state index is 12.2. The lowest BCUT2D eigenvalue weighted by Gasteiger charge is -2.22. The van der Waals surface area contributed by atoms with Gasteiger partial charge in [0.15, 0.2) is 0 Å². The first-order valence-corrected chi connectivity index (χ1v) is 8.78. The van der Waals surface area contributed by atoms with E-state index in [1.165, 1.54) is 25.7 Å². The molecule has 1 fully saturated rings. The summed E-state index contributed by atoms with van der Waals surface area (Å²) in [5.41, 5.74) is 0.538. The van der Waals surface area contributed by atoms with Crippen LogP contribution in [0, 0.1) is 5.92 Å². The van der Waals surface area contributed by atoms with Gasteiger partial charge in [-0.3, -0.25) is 9.48 Å². The molecule has 132 valence electrons. The van der Waals surface area contributed by atoms with Crippen LogP contribution in [0.25, 0.3) is 0 Å². The van der Waals surface area contributed by atoms with E-state index in [0.717, 1.165) is 32.5 Å². The van der Waals surface area contributed by atoms with Gasteiger partial charge in [0.1, 0.15) is 5.69 Å². The van der Waals surface area contributed by atoms with Gasteiger partial charge in [0.05, 0.1) is 6.04 Å². The quantitative estimate of drug-likeness (QED) is 0.762. The Morgan fingerprint density at radius 3 is 3.00 bits per heavy atom. The van der Waals surface area contributed by atoms with E-state index in [9.17, 15) is 4.79 Å². The molecule has 0 radical (unpaired) electrons. The summed E-state index contributed by atoms with van der Waals surface area (Å²) in [6.07, 6.45) is 8.98. The van der Waals surface area contributed by atoms with E-state index in [2.05, 4.69) is 29.6 Å². The summed E-state index contributed by atoms with van der Waals surface area (Å²) >= 11 is 0. The largest absolute Gasteiger partial charge is 0.350 e. The molecule has 2 heterocycles. The smallest absolute Gasteiger partial charge is 0.271 e. The number of aromatic nitrogens is 2. The second kappa shape index (κ2) is 10.7. The second-order valence-electron chi connectivity index (χ2n) is 6.31. The summed E-state index contributed by atoms with van der Waals surface area (Å²) in [4.78, 5) is 12.2. The number of unbranched alkanes of at least 4 members (excludes halogenated alkanes) is 1. The number of hydrogen-bond donors (Lipinski definition) is 2. The zero-order valence-corrected chi connectivity index (χ0v) is 15.2. The van der Waals surface area contributed by atoms with Crippen molar-refractivity contribution in [3.05, 3.63) is 18.0 Å². The van der Waals surface area contributed by atoms with E-state index in [1.54, 1.807) is 0 Å². The Hall–Kier alpha value is -1.07. The average Bonchev–Trinajstić information content (AvgIpc) is 3.06. The third-order valence-corrected chi connectivity index (χ3v) is 4.58. The van der Waals surface area contributed by atoms with Crippen molar-refractivity contribution in [1.82, 2.24) is 20.4 Å². The zero-order chi connectivity index (χ0) is 15.8. The molecule has 0 spiro atoms. The van der Waals surface area contributed by atoms with E-state index >= 15 is 0 Å². The summed E-state index contributed by atoms with van der Waals surface area (Å²) in [6, 6.07) is 2.21. The highest BCUT2D eigenvalue weighted by atomic mass is 35.5. The van der Waals surface area contributed by atoms with Crippen LogP contribution in [0.3, 0.4) is 0 Å². The summed E-state index contributed by atoms with van der Waals surface area (Å²) in [6.45, 7) is 7.18. The molecule has 2 N–H and O–H groups in total. The maximum Gasteiger partial charge on any atom is 0.271 e. The minimum absolute atomic E-state index is 0. The number of halogens is 1. The molecule has 5 nitrogen and oxygen atoms in total. The van der Waals surface area contributed by atoms with Gasteiger partial charge in [-0.05, 0) is 37.8 Å². The highest BCUT2D eigenvalue weighted by Crippen LogP contribution is 2.16. The van der Waals surface area contributed by atoms with Gasteiger partial charge in [-0.15, -0.1) is 12.4 Å². The van der Waals surface area contributed by atoms with Gasteiger partial charge in [-0.1, -0.05) is 33.1 Å². The van der Waals surface area contributed by atoms with Crippen LogP contribution >= 0.6 is 12.4 Å². The van der Waals surface area contributed by atoms with Crippen molar-refractivity contribution in [2.24, 2.45) is 5.92 Å². The fourth-order valence-corrected chi connectivity index (χ4v) is 2.99. The lowest BCUT2D eigenvalue weighted by Crippen LogP contribution is -2.32.